The molecule has 0 spiro atoms. The molecule has 96 valence electrons. The number of hydrogen-bond acceptors (Lipinski definition) is 4. The van der Waals surface area contributed by atoms with Crippen molar-refractivity contribution in [1.82, 2.24) is 0 Å². The molecule has 1 aromatic rings. The van der Waals surface area contributed by atoms with E-state index in [1.807, 2.05) is 31.0 Å². The second-order valence-electron chi connectivity index (χ2n) is 3.86. The van der Waals surface area contributed by atoms with Crippen molar-refractivity contribution in [3.8, 4) is 0 Å². The molecule has 0 unspecified atom stereocenters. The highest BCUT2D eigenvalue weighted by molar-refractivity contribution is 7.90. The number of sulfone groups is 1. The van der Waals surface area contributed by atoms with Gasteiger partial charge < -0.3 is 9.64 Å². The van der Waals surface area contributed by atoms with Crippen molar-refractivity contribution in [2.75, 3.05) is 38.0 Å². The number of likely N-dealkylation sites (N-methyl/N-ethyl adjacent to an activating group) is 1. The molecule has 0 radical (unpaired) electrons. The van der Waals surface area contributed by atoms with Crippen LogP contribution in [0.15, 0.2) is 29.2 Å². The summed E-state index contributed by atoms with van der Waals surface area (Å²) >= 11 is 0. The standard InChI is InChI=1S/C12H19NO3S/c1-4-16-10-9-13(2)11-7-5-6-8-12(11)17(3,14)15/h5-8H,4,9-10H2,1-3H3. The lowest BCUT2D eigenvalue weighted by Gasteiger charge is -2.21. The van der Waals surface area contributed by atoms with E-state index in [4.69, 9.17) is 4.74 Å². The van der Waals surface area contributed by atoms with E-state index in [0.717, 1.165) is 5.69 Å². The Morgan fingerprint density at radius 1 is 1.29 bits per heavy atom. The predicted molar refractivity (Wildman–Crippen MR) is 69.3 cm³/mol. The Morgan fingerprint density at radius 2 is 1.94 bits per heavy atom. The molecule has 1 aromatic carbocycles. The van der Waals surface area contributed by atoms with Gasteiger partial charge >= 0.3 is 0 Å². The fourth-order valence-electron chi connectivity index (χ4n) is 1.55. The van der Waals surface area contributed by atoms with Crippen LogP contribution in [0.1, 0.15) is 6.92 Å². The first-order valence-electron chi connectivity index (χ1n) is 5.54. The number of ether oxygens (including phenoxy) is 1. The second-order valence-corrected chi connectivity index (χ2v) is 5.84. The van der Waals surface area contributed by atoms with Crippen LogP contribution in [0, 0.1) is 0 Å². The second kappa shape index (κ2) is 6.02. The van der Waals surface area contributed by atoms with Crippen molar-refractivity contribution in [3.63, 3.8) is 0 Å². The lowest BCUT2D eigenvalue weighted by Crippen LogP contribution is -2.24. The van der Waals surface area contributed by atoms with E-state index < -0.39 is 9.84 Å². The van der Waals surface area contributed by atoms with Crippen molar-refractivity contribution in [3.05, 3.63) is 24.3 Å². The van der Waals surface area contributed by atoms with Gasteiger partial charge in [-0.3, -0.25) is 0 Å². The summed E-state index contributed by atoms with van der Waals surface area (Å²) in [6.45, 7) is 3.86. The van der Waals surface area contributed by atoms with Gasteiger partial charge in [0.25, 0.3) is 0 Å². The first-order valence-corrected chi connectivity index (χ1v) is 7.44. The van der Waals surface area contributed by atoms with Gasteiger partial charge in [-0.05, 0) is 19.1 Å². The maximum Gasteiger partial charge on any atom is 0.177 e. The summed E-state index contributed by atoms with van der Waals surface area (Å²) in [5, 5.41) is 0. The lowest BCUT2D eigenvalue weighted by molar-refractivity contribution is 0.154. The number of rotatable bonds is 6. The highest BCUT2D eigenvalue weighted by Crippen LogP contribution is 2.23. The zero-order chi connectivity index (χ0) is 12.9. The van der Waals surface area contributed by atoms with Crippen LogP contribution >= 0.6 is 0 Å². The van der Waals surface area contributed by atoms with Crippen molar-refractivity contribution in [2.24, 2.45) is 0 Å². The van der Waals surface area contributed by atoms with E-state index in [2.05, 4.69) is 0 Å². The number of para-hydroxylation sites is 1. The van der Waals surface area contributed by atoms with Crippen LogP contribution in [0.3, 0.4) is 0 Å². The Bertz CT molecular complexity index is 457. The minimum absolute atomic E-state index is 0.360. The maximum atomic E-state index is 11.6. The molecule has 0 aliphatic rings. The van der Waals surface area contributed by atoms with E-state index in [0.29, 0.717) is 24.7 Å². The molecule has 0 aliphatic carbocycles. The normalized spacial score (nSPS) is 11.5. The Balaban J connectivity index is 2.90. The SMILES string of the molecule is CCOCCN(C)c1ccccc1S(C)(=O)=O. The van der Waals surface area contributed by atoms with Crippen molar-refractivity contribution in [2.45, 2.75) is 11.8 Å². The third-order valence-electron chi connectivity index (χ3n) is 2.45. The van der Waals surface area contributed by atoms with Gasteiger partial charge in [-0.2, -0.15) is 0 Å². The quantitative estimate of drug-likeness (QED) is 0.726. The summed E-state index contributed by atoms with van der Waals surface area (Å²) in [5.74, 6) is 0. The summed E-state index contributed by atoms with van der Waals surface area (Å²) < 4.78 is 28.5. The average molecular weight is 257 g/mol. The summed E-state index contributed by atoms with van der Waals surface area (Å²) in [7, 11) is -1.33. The molecule has 1 rings (SSSR count). The predicted octanol–water partition coefficient (Wildman–Crippen LogP) is 1.56. The third-order valence-corrected chi connectivity index (χ3v) is 3.60. The Labute approximate surface area is 103 Å². The number of hydrogen-bond donors (Lipinski definition) is 0. The monoisotopic (exact) mass is 257 g/mol. The third kappa shape index (κ3) is 4.02. The molecule has 0 bridgehead atoms. The minimum atomic E-state index is -3.19. The van der Waals surface area contributed by atoms with Gasteiger partial charge in [0.05, 0.1) is 17.2 Å². The van der Waals surface area contributed by atoms with Crippen LogP contribution in [0.25, 0.3) is 0 Å². The highest BCUT2D eigenvalue weighted by Gasteiger charge is 2.14. The molecule has 0 fully saturated rings. The van der Waals surface area contributed by atoms with E-state index in [9.17, 15) is 8.42 Å². The minimum Gasteiger partial charge on any atom is -0.380 e. The van der Waals surface area contributed by atoms with Crippen LogP contribution in [-0.4, -0.2) is 41.5 Å². The molecule has 4 nitrogen and oxygen atoms in total. The lowest BCUT2D eigenvalue weighted by atomic mass is 10.3. The maximum absolute atomic E-state index is 11.6. The van der Waals surface area contributed by atoms with Gasteiger partial charge in [0.2, 0.25) is 0 Å². The smallest absolute Gasteiger partial charge is 0.177 e. The summed E-state index contributed by atoms with van der Waals surface area (Å²) in [6, 6.07) is 7.00. The Hall–Kier alpha value is -1.07. The van der Waals surface area contributed by atoms with Crippen molar-refractivity contribution >= 4 is 15.5 Å². The molecule has 5 heteroatoms. The first-order chi connectivity index (χ1) is 7.96. The Morgan fingerprint density at radius 3 is 2.53 bits per heavy atom. The molecular weight excluding hydrogens is 238 g/mol. The van der Waals surface area contributed by atoms with Gasteiger partial charge in [0.1, 0.15) is 0 Å². The van der Waals surface area contributed by atoms with Gasteiger partial charge in [-0.25, -0.2) is 8.42 Å². The fourth-order valence-corrected chi connectivity index (χ4v) is 2.48. The van der Waals surface area contributed by atoms with E-state index >= 15 is 0 Å². The fraction of sp³-hybridized carbons (Fsp3) is 0.500. The number of nitrogens with zero attached hydrogens (tertiary/aromatic N) is 1. The van der Waals surface area contributed by atoms with E-state index in [1.54, 1.807) is 12.1 Å². The topological polar surface area (TPSA) is 46.6 Å². The van der Waals surface area contributed by atoms with E-state index in [1.165, 1.54) is 6.26 Å². The summed E-state index contributed by atoms with van der Waals surface area (Å²) in [6.07, 6.45) is 1.22. The molecule has 0 aliphatic heterocycles. The zero-order valence-corrected chi connectivity index (χ0v) is 11.3. The van der Waals surface area contributed by atoms with Crippen LogP contribution < -0.4 is 4.90 Å². The zero-order valence-electron chi connectivity index (χ0n) is 10.5. The molecule has 0 N–H and O–H groups in total. The molecule has 0 saturated carbocycles. The molecule has 0 saturated heterocycles. The van der Waals surface area contributed by atoms with Crippen LogP contribution in [-0.2, 0) is 14.6 Å². The number of benzene rings is 1. The van der Waals surface area contributed by atoms with Crippen LogP contribution in [0.4, 0.5) is 5.69 Å². The molecular formula is C12H19NO3S. The van der Waals surface area contributed by atoms with E-state index in [-0.39, 0.29) is 0 Å². The van der Waals surface area contributed by atoms with Crippen LogP contribution in [0.2, 0.25) is 0 Å². The van der Waals surface area contributed by atoms with Gasteiger partial charge in [-0.1, -0.05) is 12.1 Å². The molecule has 17 heavy (non-hydrogen) atoms. The average Bonchev–Trinajstić information content (AvgIpc) is 2.28. The largest absolute Gasteiger partial charge is 0.380 e. The van der Waals surface area contributed by atoms with Gasteiger partial charge in [0.15, 0.2) is 9.84 Å². The van der Waals surface area contributed by atoms with Gasteiger partial charge in [0, 0.05) is 26.5 Å². The summed E-state index contributed by atoms with van der Waals surface area (Å²) in [5.41, 5.74) is 0.717. The van der Waals surface area contributed by atoms with Gasteiger partial charge in [-0.15, -0.1) is 0 Å². The number of anilines is 1. The molecule has 0 atom stereocenters. The molecule has 0 amide bonds. The van der Waals surface area contributed by atoms with Crippen molar-refractivity contribution in [1.29, 1.82) is 0 Å². The first kappa shape index (κ1) is 14.0. The molecule has 0 heterocycles. The summed E-state index contributed by atoms with van der Waals surface area (Å²) in [4.78, 5) is 2.26. The Kier molecular flexibility index (Phi) is 4.96. The van der Waals surface area contributed by atoms with Crippen LogP contribution in [0.5, 0.6) is 0 Å². The van der Waals surface area contributed by atoms with Crippen molar-refractivity contribution < 1.29 is 13.2 Å². The highest BCUT2D eigenvalue weighted by atomic mass is 32.2. The molecule has 0 aromatic heterocycles.